The number of hydrogen-bond acceptors (Lipinski definition) is 4. The molecule has 0 saturated carbocycles. The molecule has 0 bridgehead atoms. The number of fused-ring (bicyclic) bond motifs is 1. The summed E-state index contributed by atoms with van der Waals surface area (Å²) in [4.78, 5) is 0. The van der Waals surface area contributed by atoms with Gasteiger partial charge in [0.05, 0.1) is 12.3 Å². The molecule has 0 aromatic carbocycles. The molecule has 0 fully saturated rings. The third-order valence-corrected chi connectivity index (χ3v) is 1.52. The van der Waals surface area contributed by atoms with Crippen molar-refractivity contribution in [3.05, 3.63) is 12.2 Å². The van der Waals surface area contributed by atoms with Crippen molar-refractivity contribution < 1.29 is 0 Å². The van der Waals surface area contributed by atoms with Crippen LogP contribution in [0.2, 0.25) is 0 Å². The molecule has 2 aliphatic heterocycles. The van der Waals surface area contributed by atoms with Crippen LogP contribution < -0.4 is 10.9 Å². The molecule has 0 aromatic rings. The fourth-order valence-electron chi connectivity index (χ4n) is 0.994. The normalized spacial score (nSPS) is 28.0. The molecule has 0 spiro atoms. The van der Waals surface area contributed by atoms with E-state index in [1.54, 1.807) is 6.21 Å². The maximum absolute atomic E-state index is 4.06. The van der Waals surface area contributed by atoms with Gasteiger partial charge in [0.1, 0.15) is 6.04 Å². The second-order valence-electron chi connectivity index (χ2n) is 2.22. The number of nitrogens with one attached hydrogen (secondary N) is 2. The summed E-state index contributed by atoms with van der Waals surface area (Å²) in [7, 11) is 0. The van der Waals surface area contributed by atoms with Gasteiger partial charge in [0.25, 0.3) is 0 Å². The highest BCUT2D eigenvalue weighted by Gasteiger charge is 2.18. The van der Waals surface area contributed by atoms with Crippen molar-refractivity contribution in [1.82, 2.24) is 10.9 Å². The lowest BCUT2D eigenvalue weighted by molar-refractivity contribution is 0.637. The van der Waals surface area contributed by atoms with Crippen LogP contribution in [0.15, 0.2) is 22.4 Å². The largest absolute Gasteiger partial charge is 0.307 e. The predicted octanol–water partition coefficient (Wildman–Crippen LogP) is -0.541. The Labute approximate surface area is 58.7 Å². The minimum atomic E-state index is 0.259. The summed E-state index contributed by atoms with van der Waals surface area (Å²) in [6.07, 6.45) is 5.55. The van der Waals surface area contributed by atoms with Gasteiger partial charge in [0.2, 0.25) is 0 Å². The lowest BCUT2D eigenvalue weighted by atomic mass is 10.2. The molecule has 52 valence electrons. The van der Waals surface area contributed by atoms with Crippen LogP contribution in [0.3, 0.4) is 0 Å². The van der Waals surface area contributed by atoms with E-state index in [9.17, 15) is 0 Å². The molecule has 0 aromatic heterocycles. The third kappa shape index (κ3) is 0.775. The lowest BCUT2D eigenvalue weighted by Crippen LogP contribution is -2.33. The summed E-state index contributed by atoms with van der Waals surface area (Å²) in [6, 6.07) is 0.259. The Bertz CT molecular complexity index is 216. The van der Waals surface area contributed by atoms with E-state index in [1.165, 1.54) is 0 Å². The Morgan fingerprint density at radius 2 is 2.60 bits per heavy atom. The highest BCUT2D eigenvalue weighted by atomic mass is 15.4. The Morgan fingerprint density at radius 3 is 3.60 bits per heavy atom. The zero-order valence-electron chi connectivity index (χ0n) is 5.41. The Balaban J connectivity index is 2.25. The molecule has 2 aliphatic rings. The van der Waals surface area contributed by atoms with Gasteiger partial charge in [0, 0.05) is 6.21 Å². The van der Waals surface area contributed by atoms with Crippen molar-refractivity contribution in [2.45, 2.75) is 6.04 Å². The molecular weight excluding hydrogens is 128 g/mol. The summed E-state index contributed by atoms with van der Waals surface area (Å²) >= 11 is 0. The molecule has 1 unspecified atom stereocenters. The van der Waals surface area contributed by atoms with Crippen molar-refractivity contribution in [3.63, 3.8) is 0 Å². The molecule has 1 atom stereocenters. The second kappa shape index (κ2) is 2.13. The first-order valence-electron chi connectivity index (χ1n) is 3.22. The highest BCUT2D eigenvalue weighted by Crippen LogP contribution is 1.98. The first-order valence-corrected chi connectivity index (χ1v) is 3.22. The molecule has 0 amide bonds. The van der Waals surface area contributed by atoms with Gasteiger partial charge in [-0.1, -0.05) is 0 Å². The maximum Gasteiger partial charge on any atom is 0.107 e. The summed E-state index contributed by atoms with van der Waals surface area (Å²) in [6.45, 7) is 0.830. The quantitative estimate of drug-likeness (QED) is 0.470. The van der Waals surface area contributed by atoms with E-state index in [-0.39, 0.29) is 6.04 Å². The van der Waals surface area contributed by atoms with Gasteiger partial charge in [-0.2, -0.15) is 10.2 Å². The monoisotopic (exact) mass is 136 g/mol. The average Bonchev–Trinajstić information content (AvgIpc) is 2.28. The van der Waals surface area contributed by atoms with E-state index < -0.39 is 0 Å². The van der Waals surface area contributed by atoms with Crippen molar-refractivity contribution in [1.29, 1.82) is 0 Å². The molecule has 0 radical (unpaired) electrons. The second-order valence-corrected chi connectivity index (χ2v) is 2.22. The van der Waals surface area contributed by atoms with Gasteiger partial charge < -0.3 is 5.43 Å². The van der Waals surface area contributed by atoms with Gasteiger partial charge in [-0.05, 0) is 12.2 Å². The van der Waals surface area contributed by atoms with E-state index in [2.05, 4.69) is 21.1 Å². The standard InChI is InChI=1S/C6H8N4/c1-2-5-6(4-8-9-5)10-7-3-1/h1-3,6,8,10H,4H2. The molecule has 0 saturated heterocycles. The van der Waals surface area contributed by atoms with E-state index in [4.69, 9.17) is 0 Å². The summed E-state index contributed by atoms with van der Waals surface area (Å²) in [5, 5.41) is 7.99. The Morgan fingerprint density at radius 1 is 1.60 bits per heavy atom. The molecule has 2 N–H and O–H groups in total. The molecule has 4 heteroatoms. The van der Waals surface area contributed by atoms with Crippen LogP contribution in [0.5, 0.6) is 0 Å². The predicted molar refractivity (Wildman–Crippen MR) is 40.0 cm³/mol. The lowest BCUT2D eigenvalue weighted by Gasteiger charge is -2.05. The first-order chi connectivity index (χ1) is 4.97. The SMILES string of the molecule is C1=CC2=NNCC2NN=C1. The molecule has 4 nitrogen and oxygen atoms in total. The van der Waals surface area contributed by atoms with Crippen molar-refractivity contribution in [2.75, 3.05) is 6.54 Å². The number of nitrogens with zero attached hydrogens (tertiary/aromatic N) is 2. The van der Waals surface area contributed by atoms with Crippen LogP contribution in [0.4, 0.5) is 0 Å². The van der Waals surface area contributed by atoms with Crippen LogP contribution in [0, 0.1) is 0 Å². The smallest absolute Gasteiger partial charge is 0.107 e. The van der Waals surface area contributed by atoms with Crippen LogP contribution in [0.1, 0.15) is 0 Å². The van der Waals surface area contributed by atoms with Crippen LogP contribution in [-0.2, 0) is 0 Å². The van der Waals surface area contributed by atoms with Crippen molar-refractivity contribution in [3.8, 4) is 0 Å². The van der Waals surface area contributed by atoms with Gasteiger partial charge in [-0.15, -0.1) is 0 Å². The van der Waals surface area contributed by atoms with Crippen molar-refractivity contribution in [2.24, 2.45) is 10.2 Å². The van der Waals surface area contributed by atoms with Gasteiger partial charge in [-0.3, -0.25) is 5.43 Å². The molecular formula is C6H8N4. The molecule has 10 heavy (non-hydrogen) atoms. The van der Waals surface area contributed by atoms with E-state index in [1.807, 2.05) is 12.2 Å². The minimum Gasteiger partial charge on any atom is -0.307 e. The fraction of sp³-hybridized carbons (Fsp3) is 0.333. The highest BCUT2D eigenvalue weighted by molar-refractivity contribution is 6.03. The molecule has 0 aliphatic carbocycles. The third-order valence-electron chi connectivity index (χ3n) is 1.52. The number of rotatable bonds is 0. The zero-order valence-corrected chi connectivity index (χ0v) is 5.41. The summed E-state index contributed by atoms with van der Waals surface area (Å²) in [5.41, 5.74) is 6.88. The Kier molecular flexibility index (Phi) is 1.16. The van der Waals surface area contributed by atoms with Crippen molar-refractivity contribution >= 4 is 11.9 Å². The summed E-state index contributed by atoms with van der Waals surface area (Å²) in [5.74, 6) is 0. The molecule has 2 heterocycles. The number of hydrogen-bond donors (Lipinski definition) is 2. The van der Waals surface area contributed by atoms with Crippen LogP contribution >= 0.6 is 0 Å². The van der Waals surface area contributed by atoms with E-state index in [0.29, 0.717) is 0 Å². The van der Waals surface area contributed by atoms with Gasteiger partial charge in [-0.25, -0.2) is 0 Å². The average molecular weight is 136 g/mol. The van der Waals surface area contributed by atoms with Gasteiger partial charge >= 0.3 is 0 Å². The minimum absolute atomic E-state index is 0.259. The van der Waals surface area contributed by atoms with Crippen LogP contribution in [-0.4, -0.2) is 24.5 Å². The summed E-state index contributed by atoms with van der Waals surface area (Å²) < 4.78 is 0. The molecule has 2 rings (SSSR count). The van der Waals surface area contributed by atoms with E-state index >= 15 is 0 Å². The number of allylic oxidation sites excluding steroid dienone is 1. The fourth-order valence-corrected chi connectivity index (χ4v) is 0.994. The first kappa shape index (κ1) is 5.46. The Hall–Kier alpha value is -1.32. The van der Waals surface area contributed by atoms with Crippen LogP contribution in [0.25, 0.3) is 0 Å². The topological polar surface area (TPSA) is 48.8 Å². The van der Waals surface area contributed by atoms with Gasteiger partial charge in [0.15, 0.2) is 0 Å². The maximum atomic E-state index is 4.06. The zero-order chi connectivity index (χ0) is 6.81. The number of hydrazone groups is 2. The van der Waals surface area contributed by atoms with E-state index in [0.717, 1.165) is 12.3 Å².